The van der Waals surface area contributed by atoms with Gasteiger partial charge in [-0.2, -0.15) is 5.10 Å². The second kappa shape index (κ2) is 6.75. The molecule has 0 aliphatic carbocycles. The van der Waals surface area contributed by atoms with Gasteiger partial charge in [0, 0.05) is 24.8 Å². The summed E-state index contributed by atoms with van der Waals surface area (Å²) in [5, 5.41) is 7.19. The Bertz CT molecular complexity index is 578. The topological polar surface area (TPSA) is 56.1 Å². The number of hydrogen-bond donors (Lipinski definition) is 1. The van der Waals surface area contributed by atoms with E-state index in [1.54, 1.807) is 25.3 Å². The molecule has 1 heterocycles. The van der Waals surface area contributed by atoms with Gasteiger partial charge in [-0.1, -0.05) is 6.07 Å². The molecular weight excluding hydrogens is 254 g/mol. The number of hydrogen-bond acceptors (Lipinski definition) is 3. The summed E-state index contributed by atoms with van der Waals surface area (Å²) >= 11 is 0. The van der Waals surface area contributed by atoms with Crippen LogP contribution < -0.4 is 10.1 Å². The summed E-state index contributed by atoms with van der Waals surface area (Å²) in [5.74, 6) is 0.602. The van der Waals surface area contributed by atoms with Crippen molar-refractivity contribution in [2.45, 2.75) is 19.9 Å². The lowest BCUT2D eigenvalue weighted by Crippen LogP contribution is -2.25. The Kier molecular flexibility index (Phi) is 4.76. The maximum absolute atomic E-state index is 11.9. The van der Waals surface area contributed by atoms with Crippen LogP contribution in [0, 0.1) is 6.92 Å². The van der Waals surface area contributed by atoms with Crippen LogP contribution in [0.1, 0.15) is 22.5 Å². The van der Waals surface area contributed by atoms with Crippen LogP contribution in [0.2, 0.25) is 0 Å². The standard InChI is InChI=1S/C15H19N3O2/c1-12-7-10-18(17-12)9-4-8-16-15(19)13-5-3-6-14(11-13)20-2/h3,5-7,10-11H,4,8-9H2,1-2H3,(H,16,19). The first kappa shape index (κ1) is 14.1. The van der Waals surface area contributed by atoms with Crippen LogP contribution in [0.3, 0.4) is 0 Å². The van der Waals surface area contributed by atoms with Gasteiger partial charge < -0.3 is 10.1 Å². The van der Waals surface area contributed by atoms with Gasteiger partial charge in [-0.3, -0.25) is 9.48 Å². The molecule has 0 spiro atoms. The first-order chi connectivity index (χ1) is 9.69. The summed E-state index contributed by atoms with van der Waals surface area (Å²) in [6, 6.07) is 9.09. The van der Waals surface area contributed by atoms with Crippen molar-refractivity contribution in [1.82, 2.24) is 15.1 Å². The summed E-state index contributed by atoms with van der Waals surface area (Å²) in [4.78, 5) is 11.9. The smallest absolute Gasteiger partial charge is 0.251 e. The molecule has 2 rings (SSSR count). The summed E-state index contributed by atoms with van der Waals surface area (Å²) in [6.45, 7) is 3.38. The fraction of sp³-hybridized carbons (Fsp3) is 0.333. The van der Waals surface area contributed by atoms with Gasteiger partial charge in [0.05, 0.1) is 12.8 Å². The summed E-state index contributed by atoms with van der Waals surface area (Å²) in [5.41, 5.74) is 1.62. The third-order valence-corrected chi connectivity index (χ3v) is 2.96. The summed E-state index contributed by atoms with van der Waals surface area (Å²) in [7, 11) is 1.59. The van der Waals surface area contributed by atoms with E-state index in [1.807, 2.05) is 29.9 Å². The molecule has 0 unspecified atom stereocenters. The average Bonchev–Trinajstić information content (AvgIpc) is 2.89. The lowest BCUT2D eigenvalue weighted by atomic mass is 10.2. The highest BCUT2D eigenvalue weighted by atomic mass is 16.5. The van der Waals surface area contributed by atoms with Crippen molar-refractivity contribution in [3.63, 3.8) is 0 Å². The van der Waals surface area contributed by atoms with E-state index in [-0.39, 0.29) is 5.91 Å². The Hall–Kier alpha value is -2.30. The highest BCUT2D eigenvalue weighted by molar-refractivity contribution is 5.94. The number of amides is 1. The van der Waals surface area contributed by atoms with Crippen molar-refractivity contribution >= 4 is 5.91 Å². The van der Waals surface area contributed by atoms with Gasteiger partial charge >= 0.3 is 0 Å². The van der Waals surface area contributed by atoms with E-state index in [9.17, 15) is 4.79 Å². The molecule has 5 nitrogen and oxygen atoms in total. The fourth-order valence-corrected chi connectivity index (χ4v) is 1.90. The molecule has 0 radical (unpaired) electrons. The molecule has 1 N–H and O–H groups in total. The minimum atomic E-state index is -0.0828. The molecule has 1 aromatic carbocycles. The number of aromatic nitrogens is 2. The summed E-state index contributed by atoms with van der Waals surface area (Å²) < 4.78 is 6.98. The van der Waals surface area contributed by atoms with Gasteiger partial charge in [0.2, 0.25) is 0 Å². The maximum Gasteiger partial charge on any atom is 0.251 e. The molecule has 0 bridgehead atoms. The molecule has 0 atom stereocenters. The van der Waals surface area contributed by atoms with Crippen molar-refractivity contribution in [2.24, 2.45) is 0 Å². The molecule has 0 aliphatic heterocycles. The maximum atomic E-state index is 11.9. The number of aryl methyl sites for hydroxylation is 2. The Balaban J connectivity index is 1.77. The van der Waals surface area contributed by atoms with E-state index in [2.05, 4.69) is 10.4 Å². The minimum absolute atomic E-state index is 0.0828. The predicted octanol–water partition coefficient (Wildman–Crippen LogP) is 2.02. The van der Waals surface area contributed by atoms with Gasteiger partial charge in [0.15, 0.2) is 0 Å². The molecule has 106 valence electrons. The second-order valence-corrected chi connectivity index (χ2v) is 4.56. The number of methoxy groups -OCH3 is 1. The van der Waals surface area contributed by atoms with Gasteiger partial charge in [-0.25, -0.2) is 0 Å². The van der Waals surface area contributed by atoms with Crippen molar-refractivity contribution < 1.29 is 9.53 Å². The van der Waals surface area contributed by atoms with E-state index in [1.165, 1.54) is 0 Å². The number of benzene rings is 1. The van der Waals surface area contributed by atoms with Crippen molar-refractivity contribution in [2.75, 3.05) is 13.7 Å². The van der Waals surface area contributed by atoms with Crippen LogP contribution in [0.15, 0.2) is 36.5 Å². The molecular formula is C15H19N3O2. The number of rotatable bonds is 6. The van der Waals surface area contributed by atoms with E-state index in [4.69, 9.17) is 4.74 Å². The van der Waals surface area contributed by atoms with Crippen LogP contribution in [0.4, 0.5) is 0 Å². The third kappa shape index (κ3) is 3.85. The molecule has 0 fully saturated rings. The Morgan fingerprint density at radius 3 is 2.95 bits per heavy atom. The molecule has 1 aromatic heterocycles. The number of carbonyl (C=O) groups is 1. The Morgan fingerprint density at radius 1 is 1.40 bits per heavy atom. The van der Waals surface area contributed by atoms with Gasteiger partial charge in [0.1, 0.15) is 5.75 Å². The third-order valence-electron chi connectivity index (χ3n) is 2.96. The quantitative estimate of drug-likeness (QED) is 0.819. The SMILES string of the molecule is COc1cccc(C(=O)NCCCn2ccc(C)n2)c1. The molecule has 5 heteroatoms. The molecule has 20 heavy (non-hydrogen) atoms. The van der Waals surface area contributed by atoms with Crippen molar-refractivity contribution in [3.8, 4) is 5.75 Å². The van der Waals surface area contributed by atoms with Gasteiger partial charge in [-0.15, -0.1) is 0 Å². The van der Waals surface area contributed by atoms with Gasteiger partial charge in [-0.05, 0) is 37.6 Å². The molecule has 2 aromatic rings. The van der Waals surface area contributed by atoms with Crippen molar-refractivity contribution in [1.29, 1.82) is 0 Å². The molecule has 0 aliphatic rings. The number of nitrogens with one attached hydrogen (secondary N) is 1. The highest BCUT2D eigenvalue weighted by Gasteiger charge is 2.05. The predicted molar refractivity (Wildman–Crippen MR) is 76.9 cm³/mol. The minimum Gasteiger partial charge on any atom is -0.497 e. The monoisotopic (exact) mass is 273 g/mol. The van der Waals surface area contributed by atoms with E-state index < -0.39 is 0 Å². The van der Waals surface area contributed by atoms with E-state index >= 15 is 0 Å². The Labute approximate surface area is 118 Å². The van der Waals surface area contributed by atoms with Gasteiger partial charge in [0.25, 0.3) is 5.91 Å². The molecule has 0 saturated heterocycles. The number of carbonyl (C=O) groups excluding carboxylic acids is 1. The fourth-order valence-electron chi connectivity index (χ4n) is 1.90. The van der Waals surface area contributed by atoms with Crippen LogP contribution in [0.25, 0.3) is 0 Å². The lowest BCUT2D eigenvalue weighted by Gasteiger charge is -2.07. The second-order valence-electron chi connectivity index (χ2n) is 4.56. The van der Waals surface area contributed by atoms with Crippen LogP contribution in [-0.2, 0) is 6.54 Å². The lowest BCUT2D eigenvalue weighted by molar-refractivity contribution is 0.0952. The van der Waals surface area contributed by atoms with Crippen LogP contribution in [0.5, 0.6) is 5.75 Å². The van der Waals surface area contributed by atoms with E-state index in [0.29, 0.717) is 17.9 Å². The zero-order valence-corrected chi connectivity index (χ0v) is 11.8. The van der Waals surface area contributed by atoms with E-state index in [0.717, 1.165) is 18.7 Å². The largest absolute Gasteiger partial charge is 0.497 e. The first-order valence-electron chi connectivity index (χ1n) is 6.61. The van der Waals surface area contributed by atoms with Crippen molar-refractivity contribution in [3.05, 3.63) is 47.8 Å². The highest BCUT2D eigenvalue weighted by Crippen LogP contribution is 2.12. The average molecular weight is 273 g/mol. The Morgan fingerprint density at radius 2 is 2.25 bits per heavy atom. The number of ether oxygens (including phenoxy) is 1. The first-order valence-corrected chi connectivity index (χ1v) is 6.61. The zero-order valence-electron chi connectivity index (χ0n) is 11.8. The van der Waals surface area contributed by atoms with Crippen LogP contribution in [-0.4, -0.2) is 29.3 Å². The zero-order chi connectivity index (χ0) is 14.4. The van der Waals surface area contributed by atoms with Crippen LogP contribution >= 0.6 is 0 Å². The molecule has 0 saturated carbocycles. The molecule has 1 amide bonds. The number of nitrogens with zero attached hydrogens (tertiary/aromatic N) is 2. The normalized spacial score (nSPS) is 10.3. The summed E-state index contributed by atoms with van der Waals surface area (Å²) in [6.07, 6.45) is 2.79.